The molecule has 1 aromatic carbocycles. The van der Waals surface area contributed by atoms with Gasteiger partial charge in [-0.15, -0.1) is 0 Å². The van der Waals surface area contributed by atoms with Crippen LogP contribution in [0.25, 0.3) is 0 Å². The maximum absolute atomic E-state index is 13.7. The standard InChI is InChI=1S/C18H22FN3O3/c1-12-17(13(2)25-21-12)18(23)20-11-16(22-6-8-24-9-7-22)14-4-3-5-15(19)10-14/h3-5,10,16H,6-9,11H2,1-2H3,(H,20,23)/t16-/m1/s1. The molecular formula is C18H22FN3O3. The zero-order chi connectivity index (χ0) is 17.8. The molecular weight excluding hydrogens is 325 g/mol. The summed E-state index contributed by atoms with van der Waals surface area (Å²) in [5.41, 5.74) is 1.85. The number of nitrogens with one attached hydrogen (secondary N) is 1. The van der Waals surface area contributed by atoms with E-state index in [0.29, 0.717) is 36.8 Å². The number of morpholine rings is 1. The van der Waals surface area contributed by atoms with Crippen molar-refractivity contribution < 1.29 is 18.4 Å². The lowest BCUT2D eigenvalue weighted by atomic mass is 10.0. The van der Waals surface area contributed by atoms with Crippen LogP contribution in [0, 0.1) is 19.7 Å². The van der Waals surface area contributed by atoms with Gasteiger partial charge in [0.25, 0.3) is 5.91 Å². The van der Waals surface area contributed by atoms with Crippen molar-refractivity contribution in [2.45, 2.75) is 19.9 Å². The highest BCUT2D eigenvalue weighted by atomic mass is 19.1. The van der Waals surface area contributed by atoms with Crippen molar-refractivity contribution in [2.75, 3.05) is 32.8 Å². The number of ether oxygens (including phenoxy) is 1. The highest BCUT2D eigenvalue weighted by Gasteiger charge is 2.25. The molecule has 1 aromatic heterocycles. The Kier molecular flexibility index (Phi) is 5.45. The fourth-order valence-electron chi connectivity index (χ4n) is 3.15. The summed E-state index contributed by atoms with van der Waals surface area (Å²) in [5.74, 6) is -0.0256. The minimum Gasteiger partial charge on any atom is -0.379 e. The number of carbonyl (C=O) groups is 1. The van der Waals surface area contributed by atoms with Crippen molar-refractivity contribution in [1.82, 2.24) is 15.4 Å². The first-order chi connectivity index (χ1) is 12.1. The molecule has 2 heterocycles. The number of rotatable bonds is 5. The Morgan fingerprint density at radius 3 is 2.76 bits per heavy atom. The largest absolute Gasteiger partial charge is 0.379 e. The van der Waals surface area contributed by atoms with Gasteiger partial charge in [0.15, 0.2) is 0 Å². The first kappa shape index (κ1) is 17.6. The maximum Gasteiger partial charge on any atom is 0.256 e. The maximum atomic E-state index is 13.7. The third-order valence-electron chi connectivity index (χ3n) is 4.44. The van der Waals surface area contributed by atoms with E-state index in [-0.39, 0.29) is 17.8 Å². The summed E-state index contributed by atoms with van der Waals surface area (Å²) >= 11 is 0. The molecule has 0 unspecified atom stereocenters. The van der Waals surface area contributed by atoms with Crippen LogP contribution in [0.15, 0.2) is 28.8 Å². The number of benzene rings is 1. The molecule has 3 rings (SSSR count). The van der Waals surface area contributed by atoms with Gasteiger partial charge in [0.05, 0.1) is 24.9 Å². The van der Waals surface area contributed by atoms with Crippen LogP contribution in [-0.4, -0.2) is 48.8 Å². The Bertz CT molecular complexity index is 721. The number of aryl methyl sites for hydroxylation is 2. The minimum atomic E-state index is -0.284. The smallest absolute Gasteiger partial charge is 0.256 e. The fraction of sp³-hybridized carbons (Fsp3) is 0.444. The molecule has 134 valence electrons. The Balaban J connectivity index is 1.76. The van der Waals surface area contributed by atoms with Gasteiger partial charge in [-0.2, -0.15) is 0 Å². The van der Waals surface area contributed by atoms with E-state index in [1.165, 1.54) is 12.1 Å². The number of hydrogen-bond donors (Lipinski definition) is 1. The average Bonchev–Trinajstić information content (AvgIpc) is 2.94. The monoisotopic (exact) mass is 347 g/mol. The van der Waals surface area contributed by atoms with E-state index < -0.39 is 0 Å². The zero-order valence-electron chi connectivity index (χ0n) is 14.4. The summed E-state index contributed by atoms with van der Waals surface area (Å²) in [4.78, 5) is 14.7. The molecule has 0 saturated carbocycles. The van der Waals surface area contributed by atoms with Crippen molar-refractivity contribution in [3.8, 4) is 0 Å². The number of hydrogen-bond acceptors (Lipinski definition) is 5. The number of aromatic nitrogens is 1. The number of carbonyl (C=O) groups excluding carboxylic acids is 1. The van der Waals surface area contributed by atoms with E-state index in [1.54, 1.807) is 19.9 Å². The summed E-state index contributed by atoms with van der Waals surface area (Å²) in [5, 5.41) is 6.75. The Morgan fingerprint density at radius 1 is 1.36 bits per heavy atom. The van der Waals surface area contributed by atoms with Crippen molar-refractivity contribution in [3.05, 3.63) is 52.7 Å². The predicted molar refractivity (Wildman–Crippen MR) is 89.8 cm³/mol. The lowest BCUT2D eigenvalue weighted by Crippen LogP contribution is -2.44. The van der Waals surface area contributed by atoms with Crippen LogP contribution in [0.1, 0.15) is 33.4 Å². The van der Waals surface area contributed by atoms with Crippen LogP contribution < -0.4 is 5.32 Å². The molecule has 0 radical (unpaired) electrons. The average molecular weight is 347 g/mol. The second-order valence-electron chi connectivity index (χ2n) is 6.13. The van der Waals surface area contributed by atoms with Crippen LogP contribution in [0.3, 0.4) is 0 Å². The van der Waals surface area contributed by atoms with E-state index in [4.69, 9.17) is 9.26 Å². The molecule has 1 aliphatic rings. The Hall–Kier alpha value is -2.25. The molecule has 1 aliphatic heterocycles. The second-order valence-corrected chi connectivity index (χ2v) is 6.13. The van der Waals surface area contributed by atoms with Gasteiger partial charge in [-0.3, -0.25) is 9.69 Å². The van der Waals surface area contributed by atoms with Gasteiger partial charge in [0, 0.05) is 19.6 Å². The van der Waals surface area contributed by atoms with Crippen molar-refractivity contribution in [1.29, 1.82) is 0 Å². The van der Waals surface area contributed by atoms with Crippen molar-refractivity contribution in [2.24, 2.45) is 0 Å². The van der Waals surface area contributed by atoms with Gasteiger partial charge >= 0.3 is 0 Å². The first-order valence-electron chi connectivity index (χ1n) is 8.34. The molecule has 25 heavy (non-hydrogen) atoms. The Morgan fingerprint density at radius 2 is 2.12 bits per heavy atom. The third kappa shape index (κ3) is 4.05. The highest BCUT2D eigenvalue weighted by molar-refractivity contribution is 5.96. The molecule has 1 saturated heterocycles. The van der Waals surface area contributed by atoms with E-state index >= 15 is 0 Å². The fourth-order valence-corrected chi connectivity index (χ4v) is 3.15. The lowest BCUT2D eigenvalue weighted by molar-refractivity contribution is 0.0162. The van der Waals surface area contributed by atoms with Gasteiger partial charge in [-0.05, 0) is 31.5 Å². The van der Waals surface area contributed by atoms with E-state index in [2.05, 4.69) is 15.4 Å². The van der Waals surface area contributed by atoms with Crippen LogP contribution in [0.2, 0.25) is 0 Å². The number of halogens is 1. The lowest BCUT2D eigenvalue weighted by Gasteiger charge is -2.35. The van der Waals surface area contributed by atoms with Crippen LogP contribution in [-0.2, 0) is 4.74 Å². The SMILES string of the molecule is Cc1noc(C)c1C(=O)NC[C@H](c1cccc(F)c1)N1CCOCC1. The quantitative estimate of drug-likeness (QED) is 0.898. The molecule has 1 N–H and O–H groups in total. The molecule has 0 aliphatic carbocycles. The number of amides is 1. The summed E-state index contributed by atoms with van der Waals surface area (Å²) in [6.45, 7) is 6.54. The summed E-state index contributed by atoms with van der Waals surface area (Å²) in [7, 11) is 0. The first-order valence-corrected chi connectivity index (χ1v) is 8.34. The Labute approximate surface area is 145 Å². The summed E-state index contributed by atoms with van der Waals surface area (Å²) < 4.78 is 24.1. The molecule has 0 spiro atoms. The predicted octanol–water partition coefficient (Wildman–Crippen LogP) is 2.23. The summed E-state index contributed by atoms with van der Waals surface area (Å²) in [6.07, 6.45) is 0. The number of nitrogens with zero attached hydrogens (tertiary/aromatic N) is 2. The molecule has 1 amide bonds. The van der Waals surface area contributed by atoms with E-state index in [1.807, 2.05) is 6.07 Å². The van der Waals surface area contributed by atoms with E-state index in [9.17, 15) is 9.18 Å². The normalized spacial score (nSPS) is 16.6. The molecule has 2 aromatic rings. The van der Waals surface area contributed by atoms with Gasteiger partial charge in [-0.1, -0.05) is 17.3 Å². The minimum absolute atomic E-state index is 0.121. The van der Waals surface area contributed by atoms with Crippen LogP contribution >= 0.6 is 0 Å². The van der Waals surface area contributed by atoms with Crippen LogP contribution in [0.4, 0.5) is 4.39 Å². The van der Waals surface area contributed by atoms with Crippen molar-refractivity contribution >= 4 is 5.91 Å². The molecule has 0 bridgehead atoms. The van der Waals surface area contributed by atoms with Gasteiger partial charge in [0.2, 0.25) is 0 Å². The topological polar surface area (TPSA) is 67.6 Å². The molecule has 6 nitrogen and oxygen atoms in total. The van der Waals surface area contributed by atoms with Gasteiger partial charge in [0.1, 0.15) is 17.1 Å². The molecule has 7 heteroatoms. The second kappa shape index (κ2) is 7.76. The highest BCUT2D eigenvalue weighted by Crippen LogP contribution is 2.22. The zero-order valence-corrected chi connectivity index (χ0v) is 14.4. The molecule has 1 fully saturated rings. The van der Waals surface area contributed by atoms with E-state index in [0.717, 1.165) is 18.7 Å². The van der Waals surface area contributed by atoms with Crippen molar-refractivity contribution in [3.63, 3.8) is 0 Å². The van der Waals surface area contributed by atoms with Crippen LogP contribution in [0.5, 0.6) is 0 Å². The van der Waals surface area contributed by atoms with Gasteiger partial charge < -0.3 is 14.6 Å². The summed E-state index contributed by atoms with van der Waals surface area (Å²) in [6, 6.07) is 6.38. The third-order valence-corrected chi connectivity index (χ3v) is 4.44. The molecule has 1 atom stereocenters. The van der Waals surface area contributed by atoms with Gasteiger partial charge in [-0.25, -0.2) is 4.39 Å².